The number of nitrogens with one attached hydrogen (secondary N) is 1. The highest BCUT2D eigenvalue weighted by atomic mass is 16.7. The maximum atomic E-state index is 13.5. The summed E-state index contributed by atoms with van der Waals surface area (Å²) in [5.74, 6) is -3.86. The Balaban J connectivity index is 1.56. The summed E-state index contributed by atoms with van der Waals surface area (Å²) in [6.45, 7) is 2.67. The number of hydrogen-bond acceptors (Lipinski definition) is 8. The van der Waals surface area contributed by atoms with E-state index in [1.54, 1.807) is 25.2 Å². The highest BCUT2D eigenvalue weighted by Crippen LogP contribution is 2.38. The summed E-state index contributed by atoms with van der Waals surface area (Å²) < 4.78 is 11.2. The van der Waals surface area contributed by atoms with E-state index in [-0.39, 0.29) is 35.5 Å². The van der Waals surface area contributed by atoms with E-state index >= 15 is 0 Å². The molecule has 2 N–H and O–H groups in total. The van der Waals surface area contributed by atoms with Crippen LogP contribution < -0.4 is 5.32 Å². The minimum atomic E-state index is -2.56. The summed E-state index contributed by atoms with van der Waals surface area (Å²) in [6, 6.07) is 14.5. The number of benzene rings is 1. The van der Waals surface area contributed by atoms with Crippen molar-refractivity contribution in [3.05, 3.63) is 54.2 Å². The molecule has 1 aromatic heterocycles. The van der Waals surface area contributed by atoms with Crippen LogP contribution in [0, 0.1) is 11.8 Å². The Hall–Kier alpha value is -3.57. The summed E-state index contributed by atoms with van der Waals surface area (Å²) in [4.78, 5) is 55.8. The average molecular weight is 523 g/mol. The summed E-state index contributed by atoms with van der Waals surface area (Å²) in [7, 11) is 1.70. The van der Waals surface area contributed by atoms with E-state index in [0.717, 1.165) is 5.56 Å². The molecule has 1 aromatic carbocycles. The Morgan fingerprint density at radius 3 is 2.24 bits per heavy atom. The van der Waals surface area contributed by atoms with Crippen molar-refractivity contribution in [2.45, 2.75) is 45.7 Å². The number of nitrogens with zero attached hydrogens (tertiary/aromatic N) is 2. The van der Waals surface area contributed by atoms with Crippen molar-refractivity contribution in [1.82, 2.24) is 10.3 Å². The van der Waals surface area contributed by atoms with Crippen molar-refractivity contribution in [3.8, 4) is 11.3 Å². The van der Waals surface area contributed by atoms with E-state index in [1.165, 1.54) is 6.92 Å². The number of rotatable bonds is 10. The third-order valence-corrected chi connectivity index (χ3v) is 7.44. The van der Waals surface area contributed by atoms with Crippen molar-refractivity contribution in [3.63, 3.8) is 0 Å². The molecule has 2 aromatic rings. The molecule has 0 aliphatic carbocycles. The third-order valence-electron chi connectivity index (χ3n) is 7.44. The van der Waals surface area contributed by atoms with Crippen LogP contribution in [-0.4, -0.2) is 77.0 Å². The van der Waals surface area contributed by atoms with Gasteiger partial charge in [0, 0.05) is 19.0 Å². The third kappa shape index (κ3) is 5.35. The van der Waals surface area contributed by atoms with Crippen molar-refractivity contribution in [2.75, 3.05) is 20.1 Å². The molecule has 2 fully saturated rings. The van der Waals surface area contributed by atoms with Gasteiger partial charge in [-0.05, 0) is 31.4 Å². The molecule has 2 saturated heterocycles. The second-order valence-corrected chi connectivity index (χ2v) is 11.0. The average Bonchev–Trinajstić information content (AvgIpc) is 3.25. The first-order valence-electron chi connectivity index (χ1n) is 12.9. The fourth-order valence-corrected chi connectivity index (χ4v) is 5.51. The molecule has 11 heteroatoms. The van der Waals surface area contributed by atoms with Gasteiger partial charge in [0.15, 0.2) is 5.78 Å². The van der Waals surface area contributed by atoms with Gasteiger partial charge in [0.1, 0.15) is 18.8 Å². The molecule has 0 spiro atoms. The van der Waals surface area contributed by atoms with Crippen LogP contribution >= 0.6 is 0 Å². The van der Waals surface area contributed by atoms with Gasteiger partial charge in [0.25, 0.3) is 0 Å². The number of carbonyl (C=O) groups excluding carboxylic acids is 4. The van der Waals surface area contributed by atoms with Gasteiger partial charge in [-0.25, -0.2) is 4.98 Å². The molecule has 10 nitrogen and oxygen atoms in total. The highest BCUT2D eigenvalue weighted by molar-refractivity contribution is 6.67. The van der Waals surface area contributed by atoms with Gasteiger partial charge in [-0.15, -0.1) is 0 Å². The Bertz CT molecular complexity index is 1210. The summed E-state index contributed by atoms with van der Waals surface area (Å²) in [5, 5.41) is 13.4. The largest absolute Gasteiger partial charge is 0.605 e. The monoisotopic (exact) mass is 523 g/mol. The van der Waals surface area contributed by atoms with Gasteiger partial charge >= 0.3 is 18.6 Å². The number of aliphatic hydroxyl groups is 1. The number of pyridine rings is 1. The summed E-state index contributed by atoms with van der Waals surface area (Å²) >= 11 is 0. The predicted molar refractivity (Wildman–Crippen MR) is 139 cm³/mol. The summed E-state index contributed by atoms with van der Waals surface area (Å²) in [5.41, 5.74) is 1.66. The van der Waals surface area contributed by atoms with Crippen LogP contribution in [0.3, 0.4) is 0 Å². The van der Waals surface area contributed by atoms with Gasteiger partial charge in [0.2, 0.25) is 5.91 Å². The molecule has 38 heavy (non-hydrogen) atoms. The van der Waals surface area contributed by atoms with Crippen LogP contribution in [0.4, 0.5) is 0 Å². The first kappa shape index (κ1) is 27.5. The molecule has 0 radical (unpaired) electrons. The van der Waals surface area contributed by atoms with Gasteiger partial charge in [-0.1, -0.05) is 50.2 Å². The van der Waals surface area contributed by atoms with Crippen LogP contribution in [0.25, 0.3) is 11.3 Å². The van der Waals surface area contributed by atoms with Crippen LogP contribution in [0.2, 0.25) is 0 Å². The number of quaternary nitrogens is 1. The number of ketones is 1. The first-order chi connectivity index (χ1) is 17.9. The van der Waals surface area contributed by atoms with E-state index in [0.29, 0.717) is 12.1 Å². The smallest absolute Gasteiger partial charge is 0.599 e. The molecule has 0 unspecified atom stereocenters. The van der Waals surface area contributed by atoms with Crippen molar-refractivity contribution in [1.29, 1.82) is 0 Å². The lowest BCUT2D eigenvalue weighted by atomic mass is 9.57. The maximum Gasteiger partial charge on any atom is 0.605 e. The zero-order valence-electron chi connectivity index (χ0n) is 22.1. The minimum absolute atomic E-state index is 0.0437. The number of aliphatic hydroxyl groups excluding tert-OH is 1. The number of likely N-dealkylation sites (N-methyl/N-ethyl adjacent to an activating group) is 1. The number of aromatic nitrogens is 1. The van der Waals surface area contributed by atoms with Crippen molar-refractivity contribution in [2.24, 2.45) is 11.8 Å². The second-order valence-electron chi connectivity index (χ2n) is 11.0. The van der Waals surface area contributed by atoms with Gasteiger partial charge < -0.3 is 24.1 Å². The minimum Gasteiger partial charge on any atom is -0.599 e. The van der Waals surface area contributed by atoms with E-state index in [2.05, 4.69) is 10.3 Å². The van der Waals surface area contributed by atoms with E-state index in [4.69, 9.17) is 9.31 Å². The Morgan fingerprint density at radius 2 is 1.66 bits per heavy atom. The molecule has 4 rings (SSSR count). The lowest BCUT2D eigenvalue weighted by Crippen LogP contribution is -2.71. The van der Waals surface area contributed by atoms with Crippen LogP contribution in [0.15, 0.2) is 48.5 Å². The molecule has 3 heterocycles. The van der Waals surface area contributed by atoms with Crippen LogP contribution in [-0.2, 0) is 23.7 Å². The Kier molecular flexibility index (Phi) is 7.71. The van der Waals surface area contributed by atoms with E-state index in [9.17, 15) is 24.3 Å². The molecule has 2 aliphatic rings. The molecule has 0 saturated carbocycles. The normalized spacial score (nSPS) is 24.8. The Labute approximate surface area is 221 Å². The van der Waals surface area contributed by atoms with Gasteiger partial charge in [-0.2, -0.15) is 0 Å². The SMILES string of the molecule is CC(C)C[C@H](NC(=O)[C@@H](CC(=O)c1cccc(-c2ccccc2)n1)[C@@H](C)O)[B-]12OC(=O)C[N+]1(C)CC(=O)O2. The van der Waals surface area contributed by atoms with Crippen molar-refractivity contribution < 1.29 is 38.0 Å². The fraction of sp³-hybridized carbons (Fsp3) is 0.444. The quantitative estimate of drug-likeness (QED) is 0.357. The fourth-order valence-electron chi connectivity index (χ4n) is 5.51. The highest BCUT2D eigenvalue weighted by Gasteiger charge is 2.69. The van der Waals surface area contributed by atoms with E-state index in [1.807, 2.05) is 44.2 Å². The van der Waals surface area contributed by atoms with Gasteiger partial charge in [-0.3, -0.25) is 19.2 Å². The standard InChI is InChI=1S/C27H34BN3O7/c1-17(2)13-24(28-31(4,15-25(34)37-28)16-26(35)38-28)30-27(36)20(18(3)32)14-23(33)22-12-8-11-21(29-22)19-9-6-5-7-10-19/h5-12,17-18,20,24,32H,13-16H2,1-4H3,(H,30,36)/t18-,20+,24+,28?,31?/m1/s1. The number of hydrogen-bond donors (Lipinski definition) is 2. The summed E-state index contributed by atoms with van der Waals surface area (Å²) in [6.07, 6.45) is -1.07. The molecule has 2 aliphatic heterocycles. The lowest BCUT2D eigenvalue weighted by Gasteiger charge is -2.45. The zero-order valence-corrected chi connectivity index (χ0v) is 22.1. The molecule has 1 amide bonds. The molecular weight excluding hydrogens is 489 g/mol. The number of amides is 1. The van der Waals surface area contributed by atoms with Crippen molar-refractivity contribution >= 4 is 30.3 Å². The number of Topliss-reactive ketones (excluding diaryl/α,β-unsaturated/α-hetero) is 1. The van der Waals surface area contributed by atoms with Crippen LogP contribution in [0.5, 0.6) is 0 Å². The predicted octanol–water partition coefficient (Wildman–Crippen LogP) is 1.89. The Morgan fingerprint density at radius 1 is 1.03 bits per heavy atom. The van der Waals surface area contributed by atoms with Crippen LogP contribution in [0.1, 0.15) is 44.1 Å². The molecule has 0 bridgehead atoms. The number of fused-ring (bicyclic) bond motifs is 1. The second kappa shape index (κ2) is 10.7. The molecule has 202 valence electrons. The molecule has 3 atom stereocenters. The zero-order chi connectivity index (χ0) is 27.7. The topological polar surface area (TPSA) is 132 Å². The first-order valence-corrected chi connectivity index (χ1v) is 12.9. The van der Waals surface area contributed by atoms with E-state index < -0.39 is 48.3 Å². The molecular formula is C27H34BN3O7. The maximum absolute atomic E-state index is 13.5. The lowest BCUT2D eigenvalue weighted by molar-refractivity contribution is -0.794. The van der Waals surface area contributed by atoms with Gasteiger partial charge in [0.05, 0.1) is 23.7 Å². The number of carbonyl (C=O) groups is 4.